The summed E-state index contributed by atoms with van der Waals surface area (Å²) in [6, 6.07) is 20.9. The molecule has 0 unspecified atom stereocenters. The van der Waals surface area contributed by atoms with Crippen LogP contribution >= 0.6 is 0 Å². The van der Waals surface area contributed by atoms with Crippen LogP contribution < -0.4 is 4.74 Å². The van der Waals surface area contributed by atoms with E-state index in [1.165, 1.54) is 16.7 Å². The number of methoxy groups -OCH3 is 1. The summed E-state index contributed by atoms with van der Waals surface area (Å²) in [5, 5.41) is 7.22. The number of hydrogen-bond donors (Lipinski definition) is 0. The standard InChI is InChI=1S/C26H23N3O/c1-16-5-12-24-22(13-16)26-23(15-27-24)25(19-7-10-21(30-4)11-8-19)28-29(26)20-9-6-17(2)18(3)14-20/h5-15H,1-4H3. The summed E-state index contributed by atoms with van der Waals surface area (Å²) in [7, 11) is 1.68. The Hall–Kier alpha value is -3.66. The van der Waals surface area contributed by atoms with E-state index in [2.05, 4.69) is 61.9 Å². The van der Waals surface area contributed by atoms with E-state index in [-0.39, 0.29) is 0 Å². The van der Waals surface area contributed by atoms with E-state index >= 15 is 0 Å². The molecule has 0 fully saturated rings. The van der Waals surface area contributed by atoms with Crippen LogP contribution in [0.25, 0.3) is 38.8 Å². The van der Waals surface area contributed by atoms with Crippen LogP contribution in [0.2, 0.25) is 0 Å². The first kappa shape index (κ1) is 18.4. The van der Waals surface area contributed by atoms with Gasteiger partial charge in [-0.15, -0.1) is 0 Å². The van der Waals surface area contributed by atoms with Gasteiger partial charge in [-0.1, -0.05) is 17.7 Å². The monoisotopic (exact) mass is 393 g/mol. The van der Waals surface area contributed by atoms with Crippen LogP contribution in [0.1, 0.15) is 16.7 Å². The van der Waals surface area contributed by atoms with Gasteiger partial charge >= 0.3 is 0 Å². The normalized spacial score (nSPS) is 11.3. The number of aryl methyl sites for hydroxylation is 3. The molecule has 30 heavy (non-hydrogen) atoms. The summed E-state index contributed by atoms with van der Waals surface area (Å²) in [5.41, 5.74) is 8.79. The fourth-order valence-electron chi connectivity index (χ4n) is 3.90. The van der Waals surface area contributed by atoms with Crippen LogP contribution in [0.5, 0.6) is 5.75 Å². The minimum Gasteiger partial charge on any atom is -0.497 e. The van der Waals surface area contributed by atoms with E-state index in [1.807, 2.05) is 30.5 Å². The number of aromatic nitrogens is 3. The third-order valence-electron chi connectivity index (χ3n) is 5.76. The van der Waals surface area contributed by atoms with Crippen molar-refractivity contribution in [3.8, 4) is 22.7 Å². The molecule has 0 aliphatic rings. The van der Waals surface area contributed by atoms with Crippen molar-refractivity contribution in [1.29, 1.82) is 0 Å². The highest BCUT2D eigenvalue weighted by molar-refractivity contribution is 6.09. The average Bonchev–Trinajstić information content (AvgIpc) is 3.16. The Bertz CT molecular complexity index is 1400. The molecule has 4 nitrogen and oxygen atoms in total. The molecule has 0 atom stereocenters. The van der Waals surface area contributed by atoms with Crippen molar-refractivity contribution < 1.29 is 4.74 Å². The lowest BCUT2D eigenvalue weighted by molar-refractivity contribution is 0.415. The molecule has 0 saturated carbocycles. The number of hydrogen-bond acceptors (Lipinski definition) is 3. The predicted octanol–water partition coefficient (Wildman–Crippen LogP) is 6.17. The number of fused-ring (bicyclic) bond motifs is 3. The van der Waals surface area contributed by atoms with Gasteiger partial charge in [0.15, 0.2) is 0 Å². The fourth-order valence-corrected chi connectivity index (χ4v) is 3.90. The van der Waals surface area contributed by atoms with Crippen molar-refractivity contribution in [2.45, 2.75) is 20.8 Å². The number of ether oxygens (including phenoxy) is 1. The molecule has 5 rings (SSSR count). The summed E-state index contributed by atoms with van der Waals surface area (Å²) in [4.78, 5) is 4.73. The zero-order valence-corrected chi connectivity index (χ0v) is 17.6. The van der Waals surface area contributed by atoms with Gasteiger partial charge in [-0.25, -0.2) is 4.68 Å². The minimum atomic E-state index is 0.829. The highest BCUT2D eigenvalue weighted by atomic mass is 16.5. The van der Waals surface area contributed by atoms with E-state index in [4.69, 9.17) is 14.8 Å². The third-order valence-corrected chi connectivity index (χ3v) is 5.76. The van der Waals surface area contributed by atoms with Crippen LogP contribution in [0.4, 0.5) is 0 Å². The molecule has 5 aromatic rings. The highest BCUT2D eigenvalue weighted by Crippen LogP contribution is 2.34. The van der Waals surface area contributed by atoms with Crippen molar-refractivity contribution in [1.82, 2.24) is 14.8 Å². The average molecular weight is 393 g/mol. The summed E-state index contributed by atoms with van der Waals surface area (Å²) in [5.74, 6) is 0.829. The first-order valence-electron chi connectivity index (χ1n) is 10.1. The van der Waals surface area contributed by atoms with Gasteiger partial charge < -0.3 is 4.74 Å². The number of nitrogens with zero attached hydrogens (tertiary/aromatic N) is 3. The van der Waals surface area contributed by atoms with Gasteiger partial charge in [0.05, 0.1) is 23.8 Å². The quantitative estimate of drug-likeness (QED) is 0.368. The Labute approximate surface area is 175 Å². The second-order valence-corrected chi connectivity index (χ2v) is 7.80. The third kappa shape index (κ3) is 2.92. The molecule has 0 aliphatic heterocycles. The van der Waals surface area contributed by atoms with Gasteiger partial charge in [0, 0.05) is 22.5 Å². The number of pyridine rings is 1. The van der Waals surface area contributed by atoms with Gasteiger partial charge in [0.2, 0.25) is 0 Å². The Morgan fingerprint density at radius 2 is 1.60 bits per heavy atom. The zero-order chi connectivity index (χ0) is 20.8. The molecule has 148 valence electrons. The summed E-state index contributed by atoms with van der Waals surface area (Å²) < 4.78 is 7.38. The molecule has 2 aromatic heterocycles. The molecular formula is C26H23N3O. The lowest BCUT2D eigenvalue weighted by atomic mass is 10.1. The maximum atomic E-state index is 5.32. The Kier molecular flexibility index (Phi) is 4.28. The van der Waals surface area contributed by atoms with Gasteiger partial charge in [0.25, 0.3) is 0 Å². The van der Waals surface area contributed by atoms with E-state index in [0.717, 1.165) is 44.5 Å². The smallest absolute Gasteiger partial charge is 0.118 e. The van der Waals surface area contributed by atoms with Gasteiger partial charge in [-0.05, 0) is 80.4 Å². The Balaban J connectivity index is 1.86. The first-order chi connectivity index (χ1) is 14.5. The van der Waals surface area contributed by atoms with Gasteiger partial charge in [-0.2, -0.15) is 5.10 Å². The van der Waals surface area contributed by atoms with Crippen LogP contribution in [-0.2, 0) is 0 Å². The van der Waals surface area contributed by atoms with E-state index in [1.54, 1.807) is 7.11 Å². The molecule has 0 radical (unpaired) electrons. The molecule has 4 heteroatoms. The lowest BCUT2D eigenvalue weighted by Gasteiger charge is -2.09. The minimum absolute atomic E-state index is 0.829. The number of benzene rings is 3. The molecule has 0 bridgehead atoms. The van der Waals surface area contributed by atoms with Crippen molar-refractivity contribution in [2.75, 3.05) is 7.11 Å². The molecule has 0 saturated heterocycles. The van der Waals surface area contributed by atoms with Crippen LogP contribution in [0.15, 0.2) is 66.9 Å². The molecule has 0 spiro atoms. The van der Waals surface area contributed by atoms with Gasteiger partial charge in [-0.3, -0.25) is 4.98 Å². The highest BCUT2D eigenvalue weighted by Gasteiger charge is 2.17. The number of rotatable bonds is 3. The summed E-state index contributed by atoms with van der Waals surface area (Å²) >= 11 is 0. The van der Waals surface area contributed by atoms with Gasteiger partial charge in [0.1, 0.15) is 11.4 Å². The summed E-state index contributed by atoms with van der Waals surface area (Å²) in [6.07, 6.45) is 1.94. The second-order valence-electron chi connectivity index (χ2n) is 7.80. The Morgan fingerprint density at radius 3 is 2.33 bits per heavy atom. The summed E-state index contributed by atoms with van der Waals surface area (Å²) in [6.45, 7) is 6.38. The maximum absolute atomic E-state index is 5.32. The largest absolute Gasteiger partial charge is 0.497 e. The molecule has 3 aromatic carbocycles. The van der Waals surface area contributed by atoms with E-state index < -0.39 is 0 Å². The van der Waals surface area contributed by atoms with Crippen molar-refractivity contribution in [2.24, 2.45) is 0 Å². The molecular weight excluding hydrogens is 370 g/mol. The van der Waals surface area contributed by atoms with Crippen molar-refractivity contribution in [3.05, 3.63) is 83.6 Å². The van der Waals surface area contributed by atoms with Crippen LogP contribution in [-0.4, -0.2) is 21.9 Å². The van der Waals surface area contributed by atoms with Crippen LogP contribution in [0, 0.1) is 20.8 Å². The molecule has 0 amide bonds. The van der Waals surface area contributed by atoms with E-state index in [0.29, 0.717) is 0 Å². The predicted molar refractivity (Wildman–Crippen MR) is 123 cm³/mol. The second kappa shape index (κ2) is 6.99. The molecule has 0 N–H and O–H groups in total. The molecule has 2 heterocycles. The Morgan fingerprint density at radius 1 is 0.800 bits per heavy atom. The van der Waals surface area contributed by atoms with Crippen molar-refractivity contribution >= 4 is 21.8 Å². The zero-order valence-electron chi connectivity index (χ0n) is 17.6. The lowest BCUT2D eigenvalue weighted by Crippen LogP contribution is -1.98. The molecule has 0 aliphatic carbocycles. The van der Waals surface area contributed by atoms with Crippen molar-refractivity contribution in [3.63, 3.8) is 0 Å². The van der Waals surface area contributed by atoms with E-state index in [9.17, 15) is 0 Å². The topological polar surface area (TPSA) is 39.9 Å². The SMILES string of the molecule is COc1ccc(-c2nn(-c3ccc(C)c(C)c3)c3c2cnc2ccc(C)cc23)cc1. The fraction of sp³-hybridized carbons (Fsp3) is 0.154. The first-order valence-corrected chi connectivity index (χ1v) is 10.1. The maximum Gasteiger partial charge on any atom is 0.118 e. The van der Waals surface area contributed by atoms with Crippen LogP contribution in [0.3, 0.4) is 0 Å².